The molecular weight excluding hydrogens is 380 g/mol. The van der Waals surface area contributed by atoms with Crippen molar-refractivity contribution in [1.29, 1.82) is 0 Å². The van der Waals surface area contributed by atoms with Gasteiger partial charge in [-0.3, -0.25) is 0 Å². The fourth-order valence-electron chi connectivity index (χ4n) is 1.29. The summed E-state index contributed by atoms with van der Waals surface area (Å²) in [5.74, 6) is 0. The van der Waals surface area contributed by atoms with Crippen molar-refractivity contribution in [3.8, 4) is 0 Å². The molecule has 0 nitrogen and oxygen atoms in total. The molecular formula is C10H7Br2ClS2. The smallest absolute Gasteiger partial charge is 0.0757 e. The summed E-state index contributed by atoms with van der Waals surface area (Å²) in [5, 5.41) is 4.26. The highest BCUT2D eigenvalue weighted by molar-refractivity contribution is 9.12. The second-order valence-corrected chi connectivity index (χ2v) is 8.14. The topological polar surface area (TPSA) is 0 Å². The van der Waals surface area contributed by atoms with E-state index in [4.69, 9.17) is 11.6 Å². The maximum absolute atomic E-state index is 6.38. The van der Waals surface area contributed by atoms with Crippen LogP contribution in [0.2, 0.25) is 0 Å². The first-order valence-corrected chi connectivity index (χ1v) is 8.05. The lowest BCUT2D eigenvalue weighted by atomic mass is 10.1. The van der Waals surface area contributed by atoms with Crippen LogP contribution in [0.5, 0.6) is 0 Å². The number of hydrogen-bond acceptors (Lipinski definition) is 2. The average molecular weight is 387 g/mol. The van der Waals surface area contributed by atoms with E-state index in [9.17, 15) is 0 Å². The van der Waals surface area contributed by atoms with E-state index in [1.807, 2.05) is 0 Å². The Labute approximate surface area is 119 Å². The largest absolute Gasteiger partial charge is 0.152 e. The van der Waals surface area contributed by atoms with Crippen LogP contribution >= 0.6 is 66.1 Å². The van der Waals surface area contributed by atoms with Gasteiger partial charge in [0.25, 0.3) is 0 Å². The summed E-state index contributed by atoms with van der Waals surface area (Å²) in [5.41, 5.74) is 2.47. The molecule has 15 heavy (non-hydrogen) atoms. The summed E-state index contributed by atoms with van der Waals surface area (Å²) in [6.07, 6.45) is 0.882. The van der Waals surface area contributed by atoms with Crippen molar-refractivity contribution in [3.05, 3.63) is 41.6 Å². The molecule has 0 amide bonds. The van der Waals surface area contributed by atoms with Gasteiger partial charge in [-0.05, 0) is 72.3 Å². The van der Waals surface area contributed by atoms with Gasteiger partial charge in [0.15, 0.2) is 0 Å². The third kappa shape index (κ3) is 3.07. The molecule has 0 saturated carbocycles. The van der Waals surface area contributed by atoms with Crippen molar-refractivity contribution in [2.75, 3.05) is 0 Å². The number of rotatable bonds is 3. The van der Waals surface area contributed by atoms with E-state index < -0.39 is 0 Å². The molecule has 1 unspecified atom stereocenters. The summed E-state index contributed by atoms with van der Waals surface area (Å²) >= 11 is 16.7. The van der Waals surface area contributed by atoms with Crippen molar-refractivity contribution >= 4 is 66.1 Å². The molecule has 2 rings (SSSR count). The molecule has 0 N–H and O–H groups in total. The Morgan fingerprint density at radius 1 is 1.40 bits per heavy atom. The molecule has 2 aromatic heterocycles. The normalized spacial score (nSPS) is 13.0. The monoisotopic (exact) mass is 384 g/mol. The van der Waals surface area contributed by atoms with Crippen molar-refractivity contribution in [2.45, 2.75) is 11.8 Å². The third-order valence-corrected chi connectivity index (χ3v) is 5.52. The summed E-state index contributed by atoms with van der Waals surface area (Å²) in [6.45, 7) is 0. The van der Waals surface area contributed by atoms with Gasteiger partial charge < -0.3 is 0 Å². The molecule has 0 aliphatic rings. The summed E-state index contributed by atoms with van der Waals surface area (Å²) in [6, 6.07) is 4.20. The highest BCUT2D eigenvalue weighted by Gasteiger charge is 2.15. The van der Waals surface area contributed by atoms with Gasteiger partial charge in [0.1, 0.15) is 0 Å². The molecule has 0 aromatic carbocycles. The fourth-order valence-corrected chi connectivity index (χ4v) is 5.49. The third-order valence-electron chi connectivity index (χ3n) is 2.02. The minimum atomic E-state index is 0.0384. The first-order valence-electron chi connectivity index (χ1n) is 4.26. The number of thiophene rings is 2. The molecule has 2 heterocycles. The molecule has 0 bridgehead atoms. The SMILES string of the molecule is ClC(Cc1ccsc1)c1cc(Br)sc1Br. The zero-order valence-corrected chi connectivity index (χ0v) is 13.1. The van der Waals surface area contributed by atoms with Crippen LogP contribution in [-0.2, 0) is 6.42 Å². The lowest BCUT2D eigenvalue weighted by Gasteiger charge is -2.06. The Hall–Kier alpha value is 0.650. The summed E-state index contributed by atoms with van der Waals surface area (Å²) in [4.78, 5) is 0. The highest BCUT2D eigenvalue weighted by Crippen LogP contribution is 2.39. The van der Waals surface area contributed by atoms with Crippen LogP contribution in [0.4, 0.5) is 0 Å². The molecule has 0 saturated heterocycles. The van der Waals surface area contributed by atoms with Gasteiger partial charge in [-0.1, -0.05) is 0 Å². The van der Waals surface area contributed by atoms with Crippen LogP contribution < -0.4 is 0 Å². The second kappa shape index (κ2) is 5.32. The van der Waals surface area contributed by atoms with Gasteiger partial charge in [0.05, 0.1) is 12.9 Å². The Morgan fingerprint density at radius 3 is 2.73 bits per heavy atom. The van der Waals surface area contributed by atoms with Crippen molar-refractivity contribution in [2.24, 2.45) is 0 Å². The van der Waals surface area contributed by atoms with E-state index in [1.54, 1.807) is 22.7 Å². The van der Waals surface area contributed by atoms with Gasteiger partial charge in [0, 0.05) is 0 Å². The van der Waals surface area contributed by atoms with Crippen molar-refractivity contribution < 1.29 is 0 Å². The first-order chi connectivity index (χ1) is 7.16. The molecule has 0 radical (unpaired) electrons. The Kier molecular flexibility index (Phi) is 4.30. The molecule has 1 atom stereocenters. The van der Waals surface area contributed by atoms with Crippen molar-refractivity contribution in [1.82, 2.24) is 0 Å². The molecule has 0 fully saturated rings. The first kappa shape index (κ1) is 12.1. The zero-order valence-electron chi connectivity index (χ0n) is 7.54. The summed E-state index contributed by atoms with van der Waals surface area (Å²) < 4.78 is 2.23. The van der Waals surface area contributed by atoms with Crippen LogP contribution in [0, 0.1) is 0 Å². The van der Waals surface area contributed by atoms with Gasteiger partial charge in [-0.2, -0.15) is 11.3 Å². The Bertz CT molecular complexity index is 436. The van der Waals surface area contributed by atoms with Gasteiger partial charge in [-0.25, -0.2) is 0 Å². The van der Waals surface area contributed by atoms with Gasteiger partial charge in [-0.15, -0.1) is 22.9 Å². The Balaban J connectivity index is 2.14. The maximum Gasteiger partial charge on any atom is 0.0757 e. The average Bonchev–Trinajstić information content (AvgIpc) is 2.75. The number of hydrogen-bond donors (Lipinski definition) is 0. The van der Waals surface area contributed by atoms with E-state index in [1.165, 1.54) is 11.1 Å². The molecule has 80 valence electrons. The van der Waals surface area contributed by atoms with Crippen molar-refractivity contribution in [3.63, 3.8) is 0 Å². The lowest BCUT2D eigenvalue weighted by molar-refractivity contribution is 0.925. The van der Waals surface area contributed by atoms with Gasteiger partial charge in [0.2, 0.25) is 0 Å². The standard InChI is InChI=1S/C10H7Br2ClS2/c11-9-4-7(10(12)15-9)8(13)3-6-1-2-14-5-6/h1-2,4-5,8H,3H2. The summed E-state index contributed by atoms with van der Waals surface area (Å²) in [7, 11) is 0. The van der Waals surface area contributed by atoms with Crippen LogP contribution in [-0.4, -0.2) is 0 Å². The van der Waals surface area contributed by atoms with Crippen LogP contribution in [0.3, 0.4) is 0 Å². The van der Waals surface area contributed by atoms with E-state index in [0.717, 1.165) is 14.0 Å². The molecule has 0 aliphatic heterocycles. The minimum absolute atomic E-state index is 0.0384. The van der Waals surface area contributed by atoms with Crippen LogP contribution in [0.15, 0.2) is 30.5 Å². The minimum Gasteiger partial charge on any atom is -0.152 e. The molecule has 2 aromatic rings. The zero-order chi connectivity index (χ0) is 10.8. The van der Waals surface area contributed by atoms with Crippen LogP contribution in [0.25, 0.3) is 0 Å². The fraction of sp³-hybridized carbons (Fsp3) is 0.200. The highest BCUT2D eigenvalue weighted by atomic mass is 79.9. The molecule has 0 spiro atoms. The van der Waals surface area contributed by atoms with Crippen LogP contribution in [0.1, 0.15) is 16.5 Å². The maximum atomic E-state index is 6.38. The molecule has 0 aliphatic carbocycles. The van der Waals surface area contributed by atoms with E-state index in [2.05, 4.69) is 54.8 Å². The molecule has 5 heteroatoms. The second-order valence-electron chi connectivity index (χ2n) is 3.08. The predicted octanol–water partition coefficient (Wildman–Crippen LogP) is 5.86. The van der Waals surface area contributed by atoms with E-state index in [-0.39, 0.29) is 5.38 Å². The predicted molar refractivity (Wildman–Crippen MR) is 76.3 cm³/mol. The quantitative estimate of drug-likeness (QED) is 0.580. The number of halogens is 3. The van der Waals surface area contributed by atoms with E-state index >= 15 is 0 Å². The van der Waals surface area contributed by atoms with Gasteiger partial charge >= 0.3 is 0 Å². The lowest BCUT2D eigenvalue weighted by Crippen LogP contribution is -1.93. The number of alkyl halides is 1. The van der Waals surface area contributed by atoms with E-state index in [0.29, 0.717) is 0 Å². The Morgan fingerprint density at radius 2 is 2.20 bits per heavy atom.